The van der Waals surface area contributed by atoms with Crippen LogP contribution in [-0.2, 0) is 12.0 Å². The van der Waals surface area contributed by atoms with Gasteiger partial charge in [0, 0.05) is 19.1 Å². The summed E-state index contributed by atoms with van der Waals surface area (Å²) in [6, 6.07) is 19.4. The SMILES string of the molecule is CC(C)N(CCC(O)c1ccc(C(C)(C)C)cc1)Cc1ccccc1. The zero-order valence-electron chi connectivity index (χ0n) is 16.4. The maximum absolute atomic E-state index is 10.6. The van der Waals surface area contributed by atoms with Crippen molar-refractivity contribution in [1.29, 1.82) is 0 Å². The second-order valence-corrected chi connectivity index (χ2v) is 8.23. The van der Waals surface area contributed by atoms with Crippen molar-refractivity contribution in [2.75, 3.05) is 6.54 Å². The summed E-state index contributed by atoms with van der Waals surface area (Å²) in [5, 5.41) is 10.6. The van der Waals surface area contributed by atoms with Crippen LogP contribution in [0.15, 0.2) is 54.6 Å². The van der Waals surface area contributed by atoms with Gasteiger partial charge < -0.3 is 5.11 Å². The number of hydrogen-bond donors (Lipinski definition) is 1. The summed E-state index contributed by atoms with van der Waals surface area (Å²) in [7, 11) is 0. The lowest BCUT2D eigenvalue weighted by atomic mass is 9.86. The maximum Gasteiger partial charge on any atom is 0.0802 e. The van der Waals surface area contributed by atoms with Crippen LogP contribution in [-0.4, -0.2) is 22.6 Å². The van der Waals surface area contributed by atoms with Gasteiger partial charge in [-0.25, -0.2) is 0 Å². The molecule has 136 valence electrons. The zero-order chi connectivity index (χ0) is 18.4. The number of nitrogens with zero attached hydrogens (tertiary/aromatic N) is 1. The van der Waals surface area contributed by atoms with E-state index < -0.39 is 6.10 Å². The van der Waals surface area contributed by atoms with E-state index in [1.165, 1.54) is 11.1 Å². The zero-order valence-corrected chi connectivity index (χ0v) is 16.4. The van der Waals surface area contributed by atoms with Crippen LogP contribution in [0.25, 0.3) is 0 Å². The minimum Gasteiger partial charge on any atom is -0.388 e. The van der Waals surface area contributed by atoms with E-state index >= 15 is 0 Å². The lowest BCUT2D eigenvalue weighted by Gasteiger charge is -2.28. The molecule has 0 spiro atoms. The second kappa shape index (κ2) is 8.64. The predicted molar refractivity (Wildman–Crippen MR) is 107 cm³/mol. The van der Waals surface area contributed by atoms with Crippen LogP contribution in [0, 0.1) is 0 Å². The van der Waals surface area contributed by atoms with Crippen molar-refractivity contribution in [3.8, 4) is 0 Å². The molecule has 0 aliphatic heterocycles. The van der Waals surface area contributed by atoms with E-state index in [2.05, 4.69) is 88.0 Å². The molecule has 0 aliphatic carbocycles. The van der Waals surface area contributed by atoms with Gasteiger partial charge in [0.25, 0.3) is 0 Å². The van der Waals surface area contributed by atoms with Gasteiger partial charge in [-0.2, -0.15) is 0 Å². The molecule has 2 aromatic rings. The van der Waals surface area contributed by atoms with Crippen LogP contribution < -0.4 is 0 Å². The summed E-state index contributed by atoms with van der Waals surface area (Å²) in [4.78, 5) is 2.42. The molecule has 0 aromatic heterocycles. The van der Waals surface area contributed by atoms with Gasteiger partial charge in [-0.3, -0.25) is 4.90 Å². The van der Waals surface area contributed by atoms with Crippen molar-refractivity contribution in [1.82, 2.24) is 4.90 Å². The molecule has 1 atom stereocenters. The van der Waals surface area contributed by atoms with Gasteiger partial charge in [-0.15, -0.1) is 0 Å². The predicted octanol–water partition coefficient (Wildman–Crippen LogP) is 5.32. The fourth-order valence-electron chi connectivity index (χ4n) is 3.00. The Morgan fingerprint density at radius 1 is 0.920 bits per heavy atom. The lowest BCUT2D eigenvalue weighted by Crippen LogP contribution is -2.32. The first kappa shape index (κ1) is 19.7. The highest BCUT2D eigenvalue weighted by atomic mass is 16.3. The summed E-state index contributed by atoms with van der Waals surface area (Å²) < 4.78 is 0. The number of benzene rings is 2. The lowest BCUT2D eigenvalue weighted by molar-refractivity contribution is 0.127. The smallest absolute Gasteiger partial charge is 0.0802 e. The molecule has 25 heavy (non-hydrogen) atoms. The van der Waals surface area contributed by atoms with Crippen molar-refractivity contribution in [2.45, 2.75) is 65.1 Å². The molecule has 0 saturated heterocycles. The van der Waals surface area contributed by atoms with E-state index in [0.717, 1.165) is 25.1 Å². The fourth-order valence-corrected chi connectivity index (χ4v) is 3.00. The molecule has 2 nitrogen and oxygen atoms in total. The highest BCUT2D eigenvalue weighted by Gasteiger charge is 2.16. The molecule has 0 heterocycles. The Kier molecular flexibility index (Phi) is 6.80. The first-order chi connectivity index (χ1) is 11.8. The molecule has 0 radical (unpaired) electrons. The van der Waals surface area contributed by atoms with Crippen LogP contribution >= 0.6 is 0 Å². The van der Waals surface area contributed by atoms with E-state index in [4.69, 9.17) is 0 Å². The number of hydrogen-bond acceptors (Lipinski definition) is 2. The molecule has 2 aromatic carbocycles. The first-order valence-corrected chi connectivity index (χ1v) is 9.34. The third-order valence-corrected chi connectivity index (χ3v) is 4.81. The summed E-state index contributed by atoms with van der Waals surface area (Å²) in [6.07, 6.45) is 0.339. The Balaban J connectivity index is 1.95. The molecule has 0 fully saturated rings. The number of rotatable bonds is 7. The molecule has 0 aliphatic rings. The maximum atomic E-state index is 10.6. The topological polar surface area (TPSA) is 23.5 Å². The van der Waals surface area contributed by atoms with E-state index in [9.17, 15) is 5.11 Å². The molecule has 0 saturated carbocycles. The monoisotopic (exact) mass is 339 g/mol. The van der Waals surface area contributed by atoms with Gasteiger partial charge in [-0.05, 0) is 42.4 Å². The quantitative estimate of drug-likeness (QED) is 0.738. The van der Waals surface area contributed by atoms with Crippen LogP contribution in [0.1, 0.15) is 63.8 Å². The standard InChI is InChI=1S/C23H33NO/c1-18(2)24(17-19-9-7-6-8-10-19)16-15-22(25)20-11-13-21(14-12-20)23(3,4)5/h6-14,18,22,25H,15-17H2,1-5H3. The molecular formula is C23H33NO. The van der Waals surface area contributed by atoms with Crippen molar-refractivity contribution in [2.24, 2.45) is 0 Å². The van der Waals surface area contributed by atoms with Gasteiger partial charge in [-0.1, -0.05) is 75.4 Å². The van der Waals surface area contributed by atoms with E-state index in [1.54, 1.807) is 0 Å². The van der Waals surface area contributed by atoms with E-state index in [1.807, 2.05) is 6.07 Å². The Morgan fingerprint density at radius 3 is 2.04 bits per heavy atom. The van der Waals surface area contributed by atoms with Gasteiger partial charge in [0.05, 0.1) is 6.10 Å². The summed E-state index contributed by atoms with van der Waals surface area (Å²) in [5.74, 6) is 0. The summed E-state index contributed by atoms with van der Waals surface area (Å²) in [5.41, 5.74) is 3.78. The molecular weight excluding hydrogens is 306 g/mol. The van der Waals surface area contributed by atoms with Crippen LogP contribution in [0.4, 0.5) is 0 Å². The van der Waals surface area contributed by atoms with Gasteiger partial charge in [0.1, 0.15) is 0 Å². The third-order valence-electron chi connectivity index (χ3n) is 4.81. The Hall–Kier alpha value is -1.64. The van der Waals surface area contributed by atoms with Gasteiger partial charge in [0.2, 0.25) is 0 Å². The molecule has 2 rings (SSSR count). The third kappa shape index (κ3) is 5.98. The highest BCUT2D eigenvalue weighted by Crippen LogP contribution is 2.25. The van der Waals surface area contributed by atoms with Crippen molar-refractivity contribution >= 4 is 0 Å². The van der Waals surface area contributed by atoms with Crippen molar-refractivity contribution in [3.05, 3.63) is 71.3 Å². The van der Waals surface area contributed by atoms with Gasteiger partial charge >= 0.3 is 0 Å². The Morgan fingerprint density at radius 2 is 1.52 bits per heavy atom. The van der Waals surface area contributed by atoms with E-state index in [-0.39, 0.29) is 5.41 Å². The fraction of sp³-hybridized carbons (Fsp3) is 0.478. The summed E-state index contributed by atoms with van der Waals surface area (Å²) in [6.45, 7) is 12.9. The van der Waals surface area contributed by atoms with Crippen molar-refractivity contribution < 1.29 is 5.11 Å². The second-order valence-electron chi connectivity index (χ2n) is 8.23. The van der Waals surface area contributed by atoms with Crippen LogP contribution in [0.3, 0.4) is 0 Å². The highest BCUT2D eigenvalue weighted by molar-refractivity contribution is 5.28. The molecule has 1 N–H and O–H groups in total. The number of aliphatic hydroxyl groups is 1. The average molecular weight is 340 g/mol. The van der Waals surface area contributed by atoms with Gasteiger partial charge in [0.15, 0.2) is 0 Å². The van der Waals surface area contributed by atoms with Crippen LogP contribution in [0.2, 0.25) is 0 Å². The molecule has 1 unspecified atom stereocenters. The summed E-state index contributed by atoms with van der Waals surface area (Å²) >= 11 is 0. The first-order valence-electron chi connectivity index (χ1n) is 9.34. The minimum absolute atomic E-state index is 0.146. The molecule has 2 heteroatoms. The normalized spacial score (nSPS) is 13.4. The van der Waals surface area contributed by atoms with Crippen molar-refractivity contribution in [3.63, 3.8) is 0 Å². The Labute approximate surface area is 153 Å². The molecule has 0 amide bonds. The van der Waals surface area contributed by atoms with E-state index in [0.29, 0.717) is 6.04 Å². The minimum atomic E-state index is -0.411. The average Bonchev–Trinajstić information content (AvgIpc) is 2.58. The largest absolute Gasteiger partial charge is 0.388 e. The number of aliphatic hydroxyl groups excluding tert-OH is 1. The molecule has 0 bridgehead atoms. The Bertz CT molecular complexity index is 625. The van der Waals surface area contributed by atoms with Crippen LogP contribution in [0.5, 0.6) is 0 Å².